The van der Waals surface area contributed by atoms with Gasteiger partial charge in [-0.2, -0.15) is 26.3 Å². The number of rotatable bonds is 5. The first kappa shape index (κ1) is 16.8. The summed E-state index contributed by atoms with van der Waals surface area (Å²) < 4.78 is 77.3. The number of halogens is 6. The summed E-state index contributed by atoms with van der Waals surface area (Å²) in [7, 11) is 2.72. The first-order chi connectivity index (χ1) is 9.07. The Hall–Kier alpha value is -1.25. The third-order valence-corrected chi connectivity index (χ3v) is 3.08. The van der Waals surface area contributed by atoms with Crippen molar-refractivity contribution >= 4 is 0 Å². The average molecular weight is 303 g/mol. The smallest absolute Gasteiger partial charge is 0.338 e. The van der Waals surface area contributed by atoms with Gasteiger partial charge < -0.3 is 9.88 Å². The third kappa shape index (κ3) is 4.12. The highest BCUT2D eigenvalue weighted by molar-refractivity contribution is 4.94. The fourth-order valence-electron chi connectivity index (χ4n) is 2.04. The molecule has 1 aromatic heterocycles. The van der Waals surface area contributed by atoms with Crippen molar-refractivity contribution in [2.75, 3.05) is 7.05 Å². The van der Waals surface area contributed by atoms with Gasteiger partial charge in [0.15, 0.2) is 5.92 Å². The zero-order valence-electron chi connectivity index (χ0n) is 10.9. The molecule has 0 amide bonds. The molecule has 0 aromatic carbocycles. The van der Waals surface area contributed by atoms with E-state index in [1.165, 1.54) is 6.20 Å². The maximum Gasteiger partial charge on any atom is 0.401 e. The molecule has 1 unspecified atom stereocenters. The number of hydrogen-bond acceptors (Lipinski definition) is 2. The van der Waals surface area contributed by atoms with Crippen LogP contribution in [0.5, 0.6) is 0 Å². The van der Waals surface area contributed by atoms with Crippen LogP contribution in [0.1, 0.15) is 12.2 Å². The molecule has 1 N–H and O–H groups in total. The standard InChI is InChI=1S/C11H15F6N3/c1-18-7(3-4-8-19-5-6-20(8)2)9(10(12,13)14)11(15,16)17/h5-7,9,18H,3-4H2,1-2H3. The van der Waals surface area contributed by atoms with Crippen LogP contribution in [0.2, 0.25) is 0 Å². The van der Waals surface area contributed by atoms with Crippen molar-refractivity contribution in [3.05, 3.63) is 18.2 Å². The zero-order valence-corrected chi connectivity index (χ0v) is 10.9. The van der Waals surface area contributed by atoms with Gasteiger partial charge in [-0.15, -0.1) is 0 Å². The van der Waals surface area contributed by atoms with E-state index in [4.69, 9.17) is 0 Å². The van der Waals surface area contributed by atoms with E-state index in [0.29, 0.717) is 5.82 Å². The van der Waals surface area contributed by atoms with Crippen LogP contribution in [0, 0.1) is 5.92 Å². The molecule has 116 valence electrons. The van der Waals surface area contributed by atoms with Crippen molar-refractivity contribution in [2.24, 2.45) is 13.0 Å². The monoisotopic (exact) mass is 303 g/mol. The Morgan fingerprint density at radius 2 is 1.75 bits per heavy atom. The van der Waals surface area contributed by atoms with E-state index < -0.39 is 24.3 Å². The second kappa shape index (κ2) is 6.02. The fraction of sp³-hybridized carbons (Fsp3) is 0.727. The Labute approximate surface area is 112 Å². The number of aromatic nitrogens is 2. The van der Waals surface area contributed by atoms with E-state index in [0.717, 1.165) is 7.05 Å². The molecule has 0 fully saturated rings. The van der Waals surface area contributed by atoms with E-state index in [9.17, 15) is 26.3 Å². The summed E-state index contributed by atoms with van der Waals surface area (Å²) >= 11 is 0. The Morgan fingerprint density at radius 1 is 1.20 bits per heavy atom. The first-order valence-electron chi connectivity index (χ1n) is 5.84. The second-order valence-corrected chi connectivity index (χ2v) is 4.45. The molecular weight excluding hydrogens is 288 g/mol. The maximum atomic E-state index is 12.6. The topological polar surface area (TPSA) is 29.9 Å². The van der Waals surface area contributed by atoms with Crippen LogP contribution in [0.4, 0.5) is 26.3 Å². The average Bonchev–Trinajstić information content (AvgIpc) is 2.66. The lowest BCUT2D eigenvalue weighted by Crippen LogP contribution is -2.50. The van der Waals surface area contributed by atoms with Gasteiger partial charge in [0.1, 0.15) is 5.82 Å². The summed E-state index contributed by atoms with van der Waals surface area (Å²) in [6.45, 7) is 0. The highest BCUT2D eigenvalue weighted by Gasteiger charge is 2.59. The van der Waals surface area contributed by atoms with Gasteiger partial charge in [0.2, 0.25) is 0 Å². The summed E-state index contributed by atoms with van der Waals surface area (Å²) in [6.07, 6.45) is -7.95. The Kier molecular flexibility index (Phi) is 5.06. The molecule has 20 heavy (non-hydrogen) atoms. The van der Waals surface area contributed by atoms with Crippen molar-refractivity contribution in [1.82, 2.24) is 14.9 Å². The molecule has 0 saturated carbocycles. The minimum atomic E-state index is -5.34. The molecule has 1 atom stereocenters. The van der Waals surface area contributed by atoms with Gasteiger partial charge in [-0.05, 0) is 13.5 Å². The molecule has 9 heteroatoms. The fourth-order valence-corrected chi connectivity index (χ4v) is 2.04. The predicted octanol–water partition coefficient (Wildman–Crippen LogP) is 2.68. The molecule has 1 aromatic rings. The summed E-state index contributed by atoms with van der Waals surface area (Å²) in [4.78, 5) is 3.88. The van der Waals surface area contributed by atoms with Gasteiger partial charge in [0, 0.05) is 31.9 Å². The van der Waals surface area contributed by atoms with Crippen molar-refractivity contribution in [1.29, 1.82) is 0 Å². The molecule has 0 aliphatic carbocycles. The Bertz CT molecular complexity index is 409. The zero-order chi connectivity index (χ0) is 15.6. The van der Waals surface area contributed by atoms with E-state index in [1.54, 1.807) is 17.8 Å². The molecule has 0 bridgehead atoms. The van der Waals surface area contributed by atoms with Gasteiger partial charge in [0.05, 0.1) is 0 Å². The predicted molar refractivity (Wildman–Crippen MR) is 60.0 cm³/mol. The highest BCUT2D eigenvalue weighted by atomic mass is 19.4. The first-order valence-corrected chi connectivity index (χ1v) is 5.84. The van der Waals surface area contributed by atoms with Gasteiger partial charge >= 0.3 is 12.4 Å². The van der Waals surface area contributed by atoms with Gasteiger partial charge in [-0.1, -0.05) is 0 Å². The number of imidazole rings is 1. The van der Waals surface area contributed by atoms with Crippen LogP contribution in [-0.2, 0) is 13.5 Å². The molecule has 0 spiro atoms. The van der Waals surface area contributed by atoms with Crippen LogP contribution in [0.3, 0.4) is 0 Å². The van der Waals surface area contributed by atoms with Gasteiger partial charge in [0.25, 0.3) is 0 Å². The number of nitrogens with zero attached hydrogens (tertiary/aromatic N) is 2. The molecule has 0 saturated heterocycles. The van der Waals surface area contributed by atoms with Crippen molar-refractivity contribution in [3.63, 3.8) is 0 Å². The summed E-state index contributed by atoms with van der Waals surface area (Å²) in [6, 6.07) is -1.74. The summed E-state index contributed by atoms with van der Waals surface area (Å²) in [5, 5.41) is 2.12. The molecular formula is C11H15F6N3. The van der Waals surface area contributed by atoms with Gasteiger partial charge in [-0.3, -0.25) is 0 Å². The normalized spacial score (nSPS) is 14.8. The van der Waals surface area contributed by atoms with E-state index in [2.05, 4.69) is 10.3 Å². The molecule has 1 rings (SSSR count). The minimum absolute atomic E-state index is 0.0255. The van der Waals surface area contributed by atoms with Crippen molar-refractivity contribution in [3.8, 4) is 0 Å². The van der Waals surface area contributed by atoms with Crippen LogP contribution < -0.4 is 5.32 Å². The molecule has 1 heterocycles. The maximum absolute atomic E-state index is 12.6. The second-order valence-electron chi connectivity index (χ2n) is 4.45. The Balaban J connectivity index is 2.84. The largest absolute Gasteiger partial charge is 0.401 e. The van der Waals surface area contributed by atoms with E-state index in [1.807, 2.05) is 0 Å². The number of aryl methyl sites for hydroxylation is 2. The van der Waals surface area contributed by atoms with Crippen LogP contribution in [0.15, 0.2) is 12.4 Å². The van der Waals surface area contributed by atoms with Crippen molar-refractivity contribution in [2.45, 2.75) is 31.2 Å². The molecule has 0 aliphatic rings. The summed E-state index contributed by atoms with van der Waals surface area (Å²) in [5.41, 5.74) is 0. The molecule has 3 nitrogen and oxygen atoms in total. The van der Waals surface area contributed by atoms with Crippen LogP contribution in [-0.4, -0.2) is 35.0 Å². The van der Waals surface area contributed by atoms with E-state index >= 15 is 0 Å². The SMILES string of the molecule is CNC(CCc1nccn1C)C(C(F)(F)F)C(F)(F)F. The lowest BCUT2D eigenvalue weighted by Gasteiger charge is -2.30. The van der Waals surface area contributed by atoms with Gasteiger partial charge in [-0.25, -0.2) is 4.98 Å². The third-order valence-electron chi connectivity index (χ3n) is 3.08. The highest BCUT2D eigenvalue weighted by Crippen LogP contribution is 2.42. The lowest BCUT2D eigenvalue weighted by molar-refractivity contribution is -0.291. The molecule has 0 radical (unpaired) electrons. The van der Waals surface area contributed by atoms with Crippen molar-refractivity contribution < 1.29 is 26.3 Å². The van der Waals surface area contributed by atoms with E-state index in [-0.39, 0.29) is 12.8 Å². The quantitative estimate of drug-likeness (QED) is 0.848. The molecule has 0 aliphatic heterocycles. The number of hydrogen-bond donors (Lipinski definition) is 1. The van der Waals surface area contributed by atoms with Crippen LogP contribution in [0.25, 0.3) is 0 Å². The lowest BCUT2D eigenvalue weighted by atomic mass is 9.94. The number of nitrogens with one attached hydrogen (secondary N) is 1. The van der Waals surface area contributed by atoms with Crippen LogP contribution >= 0.6 is 0 Å². The summed E-state index contributed by atoms with van der Waals surface area (Å²) in [5.74, 6) is -2.95. The minimum Gasteiger partial charge on any atom is -0.338 e. The number of alkyl halides is 6. The Morgan fingerprint density at radius 3 is 2.10 bits per heavy atom.